The second kappa shape index (κ2) is 63.9. The van der Waals surface area contributed by atoms with E-state index in [4.69, 9.17) is 60.5 Å². The second-order valence-electron chi connectivity index (χ2n) is 40.4. The van der Waals surface area contributed by atoms with Gasteiger partial charge in [-0.3, -0.25) is 43.2 Å². The molecule has 2 aliphatic carbocycles. The minimum absolute atomic E-state index is 0. The molecular weight excluding hydrogens is 2140 g/mol. The number of ether oxygens (including phenoxy) is 11. The molecule has 8 aliphatic rings. The molecule has 36 heteroatoms. The number of allylic oxidation sites excluding steroid dienone is 12. The first-order valence-corrected chi connectivity index (χ1v) is 52.2. The number of ketones is 6. The number of fused-ring (bicyclic) bond motifs is 6. The molecule has 2 saturated carbocycles. The summed E-state index contributed by atoms with van der Waals surface area (Å²) >= 11 is 3.48. The Morgan fingerprint density at radius 1 is 0.472 bits per heavy atom. The fourth-order valence-corrected chi connectivity index (χ4v) is 20.6. The summed E-state index contributed by atoms with van der Waals surface area (Å²) in [5.74, 6) is -18.1. The molecule has 6 heterocycles. The third-order valence-electron chi connectivity index (χ3n) is 29.5. The first kappa shape index (κ1) is 128. The average molecular weight is 2300 g/mol. The number of methoxy groups -OCH3 is 6. The van der Waals surface area contributed by atoms with Crippen molar-refractivity contribution in [2.75, 3.05) is 66.8 Å². The third-order valence-corrected chi connectivity index (χ3v) is 30.1. The minimum atomic E-state index is -2.45. The number of cyclic esters (lactones) is 2. The molecule has 6 aliphatic heterocycles. The molecular formula is C106H163Ag2IN2O31. The number of Topliss-reactive ketones (excluding diaryl/α,β-unsaturated/α-hetero) is 6. The van der Waals surface area contributed by atoms with Gasteiger partial charge in [0.15, 0.2) is 11.6 Å². The quantitative estimate of drug-likeness (QED) is 0.0188. The molecule has 0 spiro atoms. The molecule has 0 aromatic carbocycles. The number of aliphatic carboxylic acids is 2. The molecule has 30 atom stereocenters. The molecule has 4 bridgehead atoms. The summed E-state index contributed by atoms with van der Waals surface area (Å²) in [4.78, 5) is 164. The average Bonchev–Trinajstić information content (AvgIpc) is 0.775. The van der Waals surface area contributed by atoms with Crippen LogP contribution in [0.25, 0.3) is 0 Å². The zero-order valence-corrected chi connectivity index (χ0v) is 91.8. The monoisotopic (exact) mass is 2300 g/mol. The van der Waals surface area contributed by atoms with Crippen LogP contribution in [0.1, 0.15) is 251 Å². The van der Waals surface area contributed by atoms with Crippen LogP contribution >= 0.6 is 22.6 Å². The molecule has 7 N–H and O–H groups in total. The number of hydrogen-bond acceptors (Lipinski definition) is 29. The van der Waals surface area contributed by atoms with Crippen molar-refractivity contribution in [2.24, 2.45) is 71.0 Å². The fourth-order valence-electron chi connectivity index (χ4n) is 20.6. The van der Waals surface area contributed by atoms with Crippen molar-refractivity contribution >= 4 is 93.0 Å². The van der Waals surface area contributed by atoms with Gasteiger partial charge in [-0.2, -0.15) is 0 Å². The van der Waals surface area contributed by atoms with Gasteiger partial charge in [0.05, 0.1) is 53.3 Å². The van der Waals surface area contributed by atoms with Crippen molar-refractivity contribution in [3.05, 3.63) is 95.2 Å². The first-order valence-electron chi connectivity index (χ1n) is 50.1. The predicted molar refractivity (Wildman–Crippen MR) is 529 cm³/mol. The van der Waals surface area contributed by atoms with E-state index in [-0.39, 0.29) is 131 Å². The van der Waals surface area contributed by atoms with Crippen LogP contribution in [0.15, 0.2) is 95.2 Å². The van der Waals surface area contributed by atoms with E-state index in [0.29, 0.717) is 133 Å². The molecule has 142 heavy (non-hydrogen) atoms. The number of carbonyl (C=O) groups excluding carboxylic acids is 10. The summed E-state index contributed by atoms with van der Waals surface area (Å²) in [6.45, 7) is 24.9. The number of esters is 2. The second-order valence-corrected chi connectivity index (χ2v) is 41.1. The van der Waals surface area contributed by atoms with E-state index in [1.165, 1.54) is 24.0 Å². The summed E-state index contributed by atoms with van der Waals surface area (Å²) in [5.41, 5.74) is 2.50. The Morgan fingerprint density at radius 3 is 1.21 bits per heavy atom. The number of amides is 2. The van der Waals surface area contributed by atoms with Crippen LogP contribution in [-0.4, -0.2) is 292 Å². The Labute approximate surface area is 881 Å². The first-order chi connectivity index (χ1) is 66.7. The molecule has 4 saturated heterocycles. The van der Waals surface area contributed by atoms with Crippen molar-refractivity contribution < 1.29 is 192 Å². The van der Waals surface area contributed by atoms with Crippen molar-refractivity contribution in [2.45, 2.75) is 360 Å². The Balaban J connectivity index is 0.000000553. The van der Waals surface area contributed by atoms with Gasteiger partial charge in [0.2, 0.25) is 11.6 Å². The molecule has 1 radical (unpaired) electrons. The molecule has 812 valence electrons. The van der Waals surface area contributed by atoms with Crippen LogP contribution in [0.2, 0.25) is 0 Å². The predicted octanol–water partition coefficient (Wildman–Crippen LogP) is 12.9. The van der Waals surface area contributed by atoms with Crippen molar-refractivity contribution in [1.29, 1.82) is 0 Å². The molecule has 6 fully saturated rings. The summed E-state index contributed by atoms with van der Waals surface area (Å²) in [6.07, 6.45) is 22.0. The zero-order chi connectivity index (χ0) is 106. The standard InChI is InChI=1S/C53H81NO15.C51H79NO13.C2H3IO2.2Ag.O/c1-31-16-12-11-13-17-32(2)43(64-8)28-39-21-19-37(7)53(63,69-39)50(60)51(61)54-23-15-14-18-40(54)52(62)68-44(34(4)26-38-20-22-42(45(27-38)65-9)67-30-46(56)57)29-41(55)33(3)25-36(6)48(59)49(66-10)47(58)35(5)24-31;1-30-16-12-11-13-17-31(2)42(61-8)28-38-21-19-36(7)51(60,65-38)48(57)49(58)52-23-15-14-18-39(52)50(59)64-43(33(4)26-37-20-22-40(53)44(27-37)62-9)29-41(54)32(3)25-35(6)46(56)47(63-10)45(55)34(5)24-30;3-1-2(4)5;;;/h11-13,16-17,25,31,33-35,37-40,42-45,48-49,59,63H,14-15,18-24,26-30H2,1-10H3,(H,56,57);11-13,16-17,25,30,32-34,36-40,42-44,46-47,53,56,60H,14-15,18-24,26-29H2,1-10H3;1H2,(H,4,5);;;/b13-11+,16-12+,32-17+,36-25+;13-11+,16-12+,31-17+,35-25+;;;;/t31-,33-,34-,35-,37-,38+,39+,40+,42-,43+,44+,45-,48-,49+,53-;30-,32-,33-,34-,36-,37+,38+,39+,40-,42+,43+,44-,46-,47+,51-;;;;/m11..../s1. The molecule has 0 unspecified atom stereocenters. The van der Waals surface area contributed by atoms with E-state index in [2.05, 4.69) is 0 Å². The maximum atomic E-state index is 14.5. The molecule has 8 rings (SSSR count). The van der Waals surface area contributed by atoms with Gasteiger partial charge in [0.1, 0.15) is 66.9 Å². The number of nitrogens with zero attached hydrogens (tertiary/aromatic N) is 2. The number of hydrogen-bond donors (Lipinski definition) is 7. The number of alkyl halides is 1. The van der Waals surface area contributed by atoms with Crippen LogP contribution in [0.4, 0.5) is 0 Å². The number of halogens is 1. The normalized spacial score (nSPS) is 37.6. The number of aliphatic hydroxyl groups is 5. The molecule has 0 aromatic heterocycles. The van der Waals surface area contributed by atoms with E-state index >= 15 is 0 Å². The SMILES string of the molecule is CO[C@H]1C[C@@H]2CC[C@@H](C)[C@@](O)(O2)C(=O)C(=O)N2CCCC[C@H]2C(=O)O[C@H]([C@H](C)C[C@@H]2CC[C@@H](O)[C@H](OC)C2)CC(=O)[C@H](C)/C=C(\C)[C@@H](O)[C@@H](OC)C(=O)[C@H](C)C[C@H](C)/C=C/C=C/C=C/1C.CO[C@H]1C[C@@H]2CC[C@@H](C)[C@@](O)(O2)C(=O)C(=O)N2CCCC[C@H]2C(=O)O[C@H]([C@H](C)C[C@@H]2CC[C@@H](OCC(=O)O)[C@H](OC)C2)CC(=O)[C@H](C)/C=C(\C)[C@@H](O)[C@@H](OC)C(=O)[C@H](C)C[C@H](C)/C=C/C=C/C=C/1C.O=C(O)CI.[Ag].[O]=[Ag]. The van der Waals surface area contributed by atoms with Crippen molar-refractivity contribution in [3.8, 4) is 0 Å². The Hall–Kier alpha value is -5.79. The fraction of sp³-hybridized carbons (Fsp3) is 0.736. The van der Waals surface area contributed by atoms with E-state index < -0.39 is 192 Å². The summed E-state index contributed by atoms with van der Waals surface area (Å²) in [7, 11) is 9.00. The van der Waals surface area contributed by atoms with E-state index in [1.807, 2.05) is 109 Å². The molecule has 2 amide bonds. The van der Waals surface area contributed by atoms with Gasteiger partial charge in [-0.15, -0.1) is 0 Å². The van der Waals surface area contributed by atoms with Gasteiger partial charge in [0.25, 0.3) is 23.4 Å². The molecule has 0 aromatic rings. The number of carbonyl (C=O) groups is 12. The summed E-state index contributed by atoms with van der Waals surface area (Å²) in [6, 6.07) is -2.31. The molecule has 33 nitrogen and oxygen atoms in total. The third kappa shape index (κ3) is 38.3. The van der Waals surface area contributed by atoms with Crippen LogP contribution in [0, 0.1) is 71.0 Å². The van der Waals surface area contributed by atoms with Crippen LogP contribution in [-0.2, 0) is 156 Å². The number of carboxylic acids is 2. The Morgan fingerprint density at radius 2 is 0.852 bits per heavy atom. The van der Waals surface area contributed by atoms with Crippen molar-refractivity contribution in [3.63, 3.8) is 0 Å². The topological polar surface area (TPSA) is 472 Å². The van der Waals surface area contributed by atoms with Gasteiger partial charge in [-0.05, 0) is 214 Å². The van der Waals surface area contributed by atoms with E-state index in [9.17, 15) is 88.2 Å². The Kier molecular flexibility index (Phi) is 57.8. The van der Waals surface area contributed by atoms with Gasteiger partial charge >= 0.3 is 48.2 Å². The number of rotatable bonds is 16. The number of piperidine rings is 2. The number of aliphatic hydroxyl groups excluding tert-OH is 3. The number of carboxylic acid groups (broad SMARTS) is 2. The van der Waals surface area contributed by atoms with Crippen molar-refractivity contribution in [1.82, 2.24) is 9.80 Å². The van der Waals surface area contributed by atoms with Gasteiger partial charge in [0, 0.05) is 139 Å². The van der Waals surface area contributed by atoms with Gasteiger partial charge in [-0.1, -0.05) is 165 Å². The Bertz CT molecular complexity index is 4340. The summed E-state index contributed by atoms with van der Waals surface area (Å²) < 4.78 is 72.8. The van der Waals surface area contributed by atoms with Crippen LogP contribution in [0.3, 0.4) is 0 Å². The van der Waals surface area contributed by atoms with E-state index in [1.54, 1.807) is 133 Å². The zero-order valence-electron chi connectivity index (χ0n) is 86.7. The van der Waals surface area contributed by atoms with Crippen LogP contribution < -0.4 is 0 Å². The van der Waals surface area contributed by atoms with Gasteiger partial charge in [-0.25, -0.2) is 14.4 Å². The maximum absolute atomic E-state index is 14.5. The van der Waals surface area contributed by atoms with E-state index in [0.717, 1.165) is 17.6 Å². The summed E-state index contributed by atoms with van der Waals surface area (Å²) in [5, 5.41) is 74.2. The van der Waals surface area contributed by atoms with Gasteiger partial charge < -0.3 is 97.7 Å². The van der Waals surface area contributed by atoms with Crippen LogP contribution in [0.5, 0.6) is 0 Å².